The summed E-state index contributed by atoms with van der Waals surface area (Å²) in [6.07, 6.45) is 3.46. The molecule has 0 radical (unpaired) electrons. The Bertz CT molecular complexity index is 547. The Kier molecular flexibility index (Phi) is 4.60. The molecule has 0 spiro atoms. The van der Waals surface area contributed by atoms with Gasteiger partial charge >= 0.3 is 0 Å². The Morgan fingerprint density at radius 2 is 2.16 bits per heavy atom. The van der Waals surface area contributed by atoms with Gasteiger partial charge < -0.3 is 15.2 Å². The van der Waals surface area contributed by atoms with Crippen LogP contribution >= 0.6 is 11.6 Å². The first-order valence-corrected chi connectivity index (χ1v) is 6.20. The van der Waals surface area contributed by atoms with E-state index >= 15 is 0 Å². The van der Waals surface area contributed by atoms with Crippen LogP contribution in [0.5, 0.6) is 11.5 Å². The summed E-state index contributed by atoms with van der Waals surface area (Å²) < 4.78 is 11.0. The molecule has 0 aliphatic rings. The maximum Gasteiger partial charge on any atom is 0.180 e. The van der Waals surface area contributed by atoms with Crippen LogP contribution < -0.4 is 15.2 Å². The van der Waals surface area contributed by atoms with E-state index < -0.39 is 0 Å². The summed E-state index contributed by atoms with van der Waals surface area (Å²) in [5, 5.41) is 0.490. The van der Waals surface area contributed by atoms with Gasteiger partial charge in [0.15, 0.2) is 11.5 Å². The summed E-state index contributed by atoms with van der Waals surface area (Å²) in [7, 11) is 1.57. The molecule has 2 aromatic rings. The average molecular weight is 279 g/mol. The average Bonchev–Trinajstić information content (AvgIpc) is 2.46. The summed E-state index contributed by atoms with van der Waals surface area (Å²) >= 11 is 6.18. The van der Waals surface area contributed by atoms with E-state index in [0.717, 1.165) is 11.1 Å². The number of nitrogens with zero attached hydrogens (tertiary/aromatic N) is 1. The van der Waals surface area contributed by atoms with E-state index in [1.54, 1.807) is 25.6 Å². The van der Waals surface area contributed by atoms with Gasteiger partial charge in [-0.05, 0) is 23.8 Å². The third-order valence-electron chi connectivity index (χ3n) is 2.63. The van der Waals surface area contributed by atoms with Crippen LogP contribution in [-0.4, -0.2) is 12.1 Å². The van der Waals surface area contributed by atoms with Crippen molar-refractivity contribution < 1.29 is 9.47 Å². The lowest BCUT2D eigenvalue weighted by molar-refractivity contribution is 0.284. The lowest BCUT2D eigenvalue weighted by Crippen LogP contribution is -2.01. The molecule has 0 unspecified atom stereocenters. The Labute approximate surface area is 117 Å². The maximum atomic E-state index is 6.18. The van der Waals surface area contributed by atoms with Gasteiger partial charge in [-0.3, -0.25) is 4.98 Å². The minimum absolute atomic E-state index is 0.381. The largest absolute Gasteiger partial charge is 0.493 e. The van der Waals surface area contributed by atoms with Gasteiger partial charge in [-0.15, -0.1) is 0 Å². The molecule has 19 heavy (non-hydrogen) atoms. The van der Waals surface area contributed by atoms with E-state index in [4.69, 9.17) is 26.8 Å². The fraction of sp³-hybridized carbons (Fsp3) is 0.214. The Morgan fingerprint density at radius 3 is 2.79 bits per heavy atom. The molecule has 0 aliphatic carbocycles. The second-order valence-electron chi connectivity index (χ2n) is 3.96. The molecule has 1 aromatic heterocycles. The molecule has 0 aliphatic heterocycles. The van der Waals surface area contributed by atoms with Gasteiger partial charge in [0, 0.05) is 24.5 Å². The number of hydrogen-bond donors (Lipinski definition) is 1. The summed E-state index contributed by atoms with van der Waals surface area (Å²) in [5.74, 6) is 1.10. The van der Waals surface area contributed by atoms with Crippen molar-refractivity contribution in [1.82, 2.24) is 4.98 Å². The molecule has 0 fully saturated rings. The first kappa shape index (κ1) is 13.6. The van der Waals surface area contributed by atoms with Gasteiger partial charge in [0.1, 0.15) is 6.61 Å². The molecule has 0 saturated carbocycles. The van der Waals surface area contributed by atoms with Gasteiger partial charge in [0.05, 0.1) is 12.1 Å². The quantitative estimate of drug-likeness (QED) is 0.914. The monoisotopic (exact) mass is 278 g/mol. The molecular formula is C14H15ClN2O2. The molecule has 0 amide bonds. The summed E-state index contributed by atoms with van der Waals surface area (Å²) in [5.41, 5.74) is 7.45. The highest BCUT2D eigenvalue weighted by atomic mass is 35.5. The molecule has 1 aromatic carbocycles. The van der Waals surface area contributed by atoms with Gasteiger partial charge in [0.25, 0.3) is 0 Å². The molecule has 2 N–H and O–H groups in total. The smallest absolute Gasteiger partial charge is 0.180 e. The normalized spacial score (nSPS) is 10.3. The highest BCUT2D eigenvalue weighted by molar-refractivity contribution is 6.32. The number of methoxy groups -OCH3 is 1. The third kappa shape index (κ3) is 3.36. The minimum Gasteiger partial charge on any atom is -0.493 e. The van der Waals surface area contributed by atoms with Crippen molar-refractivity contribution in [1.29, 1.82) is 0 Å². The maximum absolute atomic E-state index is 6.18. The van der Waals surface area contributed by atoms with Crippen LogP contribution in [0.2, 0.25) is 5.02 Å². The fourth-order valence-electron chi connectivity index (χ4n) is 1.67. The van der Waals surface area contributed by atoms with Crippen molar-refractivity contribution in [3.63, 3.8) is 0 Å². The number of pyridine rings is 1. The molecule has 0 saturated heterocycles. The molecule has 4 nitrogen and oxygen atoms in total. The highest BCUT2D eigenvalue weighted by Crippen LogP contribution is 2.36. The second kappa shape index (κ2) is 6.41. The Hall–Kier alpha value is -1.78. The van der Waals surface area contributed by atoms with Crippen molar-refractivity contribution in [3.05, 3.63) is 52.8 Å². The standard InChI is InChI=1S/C14H15ClN2O2/c1-18-13-6-11(7-16)5-12(15)14(13)19-9-10-3-2-4-17-8-10/h2-6,8H,7,9,16H2,1H3. The Morgan fingerprint density at radius 1 is 1.32 bits per heavy atom. The summed E-state index contributed by atoms with van der Waals surface area (Å²) in [6.45, 7) is 0.783. The van der Waals surface area contributed by atoms with Crippen molar-refractivity contribution in [2.75, 3.05) is 7.11 Å². The van der Waals surface area contributed by atoms with Crippen molar-refractivity contribution in [2.45, 2.75) is 13.2 Å². The van der Waals surface area contributed by atoms with Crippen LogP contribution in [-0.2, 0) is 13.2 Å². The van der Waals surface area contributed by atoms with Crippen molar-refractivity contribution >= 4 is 11.6 Å². The lowest BCUT2D eigenvalue weighted by Gasteiger charge is -2.13. The predicted molar refractivity (Wildman–Crippen MR) is 74.5 cm³/mol. The van der Waals surface area contributed by atoms with E-state index in [1.807, 2.05) is 18.2 Å². The molecule has 2 rings (SSSR count). The first-order valence-electron chi connectivity index (χ1n) is 5.82. The van der Waals surface area contributed by atoms with E-state index in [-0.39, 0.29) is 0 Å². The van der Waals surface area contributed by atoms with E-state index in [9.17, 15) is 0 Å². The van der Waals surface area contributed by atoms with Crippen LogP contribution in [0.4, 0.5) is 0 Å². The van der Waals surface area contributed by atoms with Gasteiger partial charge in [-0.1, -0.05) is 17.7 Å². The third-order valence-corrected chi connectivity index (χ3v) is 2.91. The minimum atomic E-state index is 0.381. The van der Waals surface area contributed by atoms with Crippen molar-refractivity contribution in [2.24, 2.45) is 5.73 Å². The lowest BCUT2D eigenvalue weighted by atomic mass is 10.2. The number of hydrogen-bond acceptors (Lipinski definition) is 4. The Balaban J connectivity index is 2.20. The van der Waals surface area contributed by atoms with Gasteiger partial charge in [0.2, 0.25) is 0 Å². The molecule has 0 atom stereocenters. The zero-order valence-corrected chi connectivity index (χ0v) is 11.4. The zero-order chi connectivity index (χ0) is 13.7. The number of halogens is 1. The van der Waals surface area contributed by atoms with E-state index in [2.05, 4.69) is 4.98 Å². The number of ether oxygens (including phenoxy) is 2. The second-order valence-corrected chi connectivity index (χ2v) is 4.37. The molecule has 5 heteroatoms. The number of rotatable bonds is 5. The van der Waals surface area contributed by atoms with E-state index in [1.165, 1.54) is 0 Å². The predicted octanol–water partition coefficient (Wildman–Crippen LogP) is 2.78. The topological polar surface area (TPSA) is 57.4 Å². The molecular weight excluding hydrogens is 264 g/mol. The summed E-state index contributed by atoms with van der Waals surface area (Å²) in [6, 6.07) is 7.39. The highest BCUT2D eigenvalue weighted by Gasteiger charge is 2.11. The fourth-order valence-corrected chi connectivity index (χ4v) is 1.96. The van der Waals surface area contributed by atoms with Crippen LogP contribution in [0.3, 0.4) is 0 Å². The molecule has 1 heterocycles. The molecule has 0 bridgehead atoms. The van der Waals surface area contributed by atoms with Crippen LogP contribution in [0.1, 0.15) is 11.1 Å². The number of aromatic nitrogens is 1. The van der Waals surface area contributed by atoms with Gasteiger partial charge in [-0.2, -0.15) is 0 Å². The van der Waals surface area contributed by atoms with Crippen LogP contribution in [0, 0.1) is 0 Å². The van der Waals surface area contributed by atoms with E-state index in [0.29, 0.717) is 29.7 Å². The van der Waals surface area contributed by atoms with Crippen LogP contribution in [0.15, 0.2) is 36.7 Å². The van der Waals surface area contributed by atoms with Crippen LogP contribution in [0.25, 0.3) is 0 Å². The first-order chi connectivity index (χ1) is 9.24. The van der Waals surface area contributed by atoms with Gasteiger partial charge in [-0.25, -0.2) is 0 Å². The zero-order valence-electron chi connectivity index (χ0n) is 10.6. The summed E-state index contributed by atoms with van der Waals surface area (Å²) in [4.78, 5) is 4.03. The number of nitrogens with two attached hydrogens (primary N) is 1. The molecule has 100 valence electrons. The SMILES string of the molecule is COc1cc(CN)cc(Cl)c1OCc1cccnc1. The number of benzene rings is 1. The van der Waals surface area contributed by atoms with Crippen molar-refractivity contribution in [3.8, 4) is 11.5 Å².